The van der Waals surface area contributed by atoms with Crippen molar-refractivity contribution in [2.24, 2.45) is 0 Å². The van der Waals surface area contributed by atoms with Crippen LogP contribution in [-0.2, 0) is 10.8 Å². The first-order chi connectivity index (χ1) is 35.5. The topological polar surface area (TPSA) is 12.5 Å². The van der Waals surface area contributed by atoms with E-state index in [1.807, 2.05) is 35.2 Å². The highest BCUT2D eigenvalue weighted by Crippen LogP contribution is 2.64. The number of hydrogen-bond donors (Lipinski definition) is 0. The average Bonchev–Trinajstić information content (AvgIpc) is 4.02. The van der Waals surface area contributed by atoms with E-state index in [0.717, 1.165) is 55.6 Å². The van der Waals surface area contributed by atoms with Gasteiger partial charge < -0.3 is 9.64 Å². The Hall–Kier alpha value is -8.88. The average molecular weight is 964 g/mol. The molecule has 13 rings (SSSR count). The van der Waals surface area contributed by atoms with E-state index in [1.165, 1.54) is 12.1 Å². The second kappa shape index (κ2) is 16.3. The maximum atomic E-state index is 17.1. The van der Waals surface area contributed by atoms with Crippen LogP contribution >= 0.6 is 0 Å². The van der Waals surface area contributed by atoms with Gasteiger partial charge in [-0.3, -0.25) is 0 Å². The van der Waals surface area contributed by atoms with Crippen LogP contribution in [0, 0.1) is 41.8 Å². The molecule has 10 aromatic carbocycles. The van der Waals surface area contributed by atoms with Crippen molar-refractivity contribution in [2.75, 3.05) is 4.90 Å². The fourth-order valence-corrected chi connectivity index (χ4v) is 12.1. The van der Waals surface area contributed by atoms with Gasteiger partial charge in [-0.05, 0) is 152 Å². The molecule has 0 saturated heterocycles. The Balaban J connectivity index is 1.07. The van der Waals surface area contributed by atoms with E-state index < -0.39 is 51.3 Å². The second-order valence-corrected chi connectivity index (χ2v) is 18.8. The molecule has 8 heteroatoms. The zero-order valence-electron chi connectivity index (χ0n) is 39.0. The normalized spacial score (nSPS) is 16.3. The molecule has 0 aromatic heterocycles. The molecule has 2 atom stereocenters. The van der Waals surface area contributed by atoms with Crippen LogP contribution < -0.4 is 9.64 Å². The van der Waals surface area contributed by atoms with E-state index in [2.05, 4.69) is 86.3 Å². The third-order valence-corrected chi connectivity index (χ3v) is 15.1. The third kappa shape index (κ3) is 6.19. The summed E-state index contributed by atoms with van der Waals surface area (Å²) in [5.74, 6) is -9.99. The van der Waals surface area contributed by atoms with Crippen molar-refractivity contribution in [1.29, 1.82) is 0 Å². The van der Waals surface area contributed by atoms with Crippen molar-refractivity contribution in [1.82, 2.24) is 0 Å². The Kier molecular flexibility index (Phi) is 9.86. The summed E-state index contributed by atoms with van der Waals surface area (Å²) in [6, 6.07) is 61.6. The summed E-state index contributed by atoms with van der Waals surface area (Å²) >= 11 is 0. The zero-order chi connectivity index (χ0) is 49.9. The number of ether oxygens (including phenoxy) is 1. The highest BCUT2D eigenvalue weighted by Gasteiger charge is 2.53. The standard InChI is InChI=1S/C65H39F6NO/c1-3-38-20-26-44(27-21-38)73-45-28-22-39(23-29-45)64(58-59(67)61(69)63(71)62(70)60(58)68)52-16-7-4-13-46(52)50-31-24-42(35-56(50)64)72(41-12-10-11-40(66)34-41)43-25-32-51-48-15-6-9-18-54(48)65(57(51)36-43)53-17-8-5-14-47(53)49-30-19-37(2)33-55(49)65/h3-36H,1H2,2H3. The number of benzene rings is 10. The van der Waals surface area contributed by atoms with Crippen LogP contribution in [0.2, 0.25) is 0 Å². The van der Waals surface area contributed by atoms with Crippen molar-refractivity contribution in [3.8, 4) is 44.9 Å². The molecule has 10 aromatic rings. The molecule has 3 aliphatic rings. The maximum Gasteiger partial charge on any atom is 0.200 e. The molecule has 0 N–H and O–H groups in total. The molecular weight excluding hydrogens is 925 g/mol. The first kappa shape index (κ1) is 44.1. The molecule has 3 aliphatic carbocycles. The quantitative estimate of drug-likeness (QED) is 0.0855. The van der Waals surface area contributed by atoms with Crippen LogP contribution in [0.15, 0.2) is 207 Å². The highest BCUT2D eigenvalue weighted by molar-refractivity contribution is 5.97. The summed E-state index contributed by atoms with van der Waals surface area (Å²) in [6.45, 7) is 5.89. The van der Waals surface area contributed by atoms with Crippen molar-refractivity contribution < 1.29 is 31.1 Å². The van der Waals surface area contributed by atoms with Crippen molar-refractivity contribution in [2.45, 2.75) is 17.8 Å². The van der Waals surface area contributed by atoms with Gasteiger partial charge in [-0.2, -0.15) is 0 Å². The summed E-state index contributed by atoms with van der Waals surface area (Å²) < 4.78 is 103. The maximum absolute atomic E-state index is 17.1. The van der Waals surface area contributed by atoms with E-state index in [0.29, 0.717) is 45.3 Å². The molecule has 0 bridgehead atoms. The van der Waals surface area contributed by atoms with Gasteiger partial charge in [-0.15, -0.1) is 0 Å². The van der Waals surface area contributed by atoms with E-state index in [4.69, 9.17) is 4.74 Å². The van der Waals surface area contributed by atoms with Gasteiger partial charge in [0.05, 0.1) is 10.8 Å². The molecular formula is C65H39F6NO. The summed E-state index contributed by atoms with van der Waals surface area (Å²) in [6.07, 6.45) is 1.70. The highest BCUT2D eigenvalue weighted by atomic mass is 19.2. The Bertz CT molecular complexity index is 3920. The molecule has 0 radical (unpaired) electrons. The van der Waals surface area contributed by atoms with Gasteiger partial charge in [0.15, 0.2) is 23.3 Å². The van der Waals surface area contributed by atoms with Crippen LogP contribution in [0.25, 0.3) is 39.5 Å². The van der Waals surface area contributed by atoms with Gasteiger partial charge >= 0.3 is 0 Å². The van der Waals surface area contributed by atoms with Gasteiger partial charge in [0, 0.05) is 22.6 Å². The molecule has 2 unspecified atom stereocenters. The zero-order valence-corrected chi connectivity index (χ0v) is 39.0. The number of aryl methyl sites for hydroxylation is 1. The van der Waals surface area contributed by atoms with Gasteiger partial charge in [0.25, 0.3) is 0 Å². The SMILES string of the molecule is C=Cc1ccc(Oc2ccc(C3(c4c(F)c(F)c(F)c(F)c4F)c4ccccc4-c4ccc(N(c5cccc(F)c5)c5ccc6c(c5)C5(c7ccccc7-c7ccc(C)cc75)c5ccccc5-6)cc43)cc2)cc1. The molecule has 2 nitrogen and oxygen atoms in total. The monoisotopic (exact) mass is 963 g/mol. The third-order valence-electron chi connectivity index (χ3n) is 15.1. The predicted octanol–water partition coefficient (Wildman–Crippen LogP) is 17.4. The largest absolute Gasteiger partial charge is 0.457 e. The number of fused-ring (bicyclic) bond motifs is 13. The Morgan fingerprint density at radius 3 is 1.37 bits per heavy atom. The minimum atomic E-state index is -2.27. The Morgan fingerprint density at radius 2 is 0.836 bits per heavy atom. The van der Waals surface area contributed by atoms with E-state index in [1.54, 1.807) is 91.0 Å². The number of rotatable bonds is 8. The van der Waals surface area contributed by atoms with E-state index >= 15 is 26.3 Å². The number of anilines is 3. The molecule has 352 valence electrons. The number of hydrogen-bond acceptors (Lipinski definition) is 2. The van der Waals surface area contributed by atoms with Crippen molar-refractivity contribution >= 4 is 23.1 Å². The second-order valence-electron chi connectivity index (χ2n) is 18.8. The number of nitrogens with zero attached hydrogens (tertiary/aromatic N) is 1. The van der Waals surface area contributed by atoms with Crippen LogP contribution in [0.3, 0.4) is 0 Å². The lowest BCUT2D eigenvalue weighted by Crippen LogP contribution is -2.33. The predicted molar refractivity (Wildman–Crippen MR) is 276 cm³/mol. The fourth-order valence-electron chi connectivity index (χ4n) is 12.1. The Morgan fingerprint density at radius 1 is 0.397 bits per heavy atom. The molecule has 1 spiro atoms. The Labute approximate surface area is 417 Å². The fraction of sp³-hybridized carbons (Fsp3) is 0.0462. The summed E-state index contributed by atoms with van der Waals surface area (Å²) in [5, 5.41) is 0. The van der Waals surface area contributed by atoms with Crippen LogP contribution in [0.4, 0.5) is 43.4 Å². The van der Waals surface area contributed by atoms with Crippen LogP contribution in [-0.4, -0.2) is 0 Å². The van der Waals surface area contributed by atoms with Gasteiger partial charge in [-0.1, -0.05) is 152 Å². The molecule has 73 heavy (non-hydrogen) atoms. The number of halogens is 6. The molecule has 0 amide bonds. The van der Waals surface area contributed by atoms with Crippen molar-refractivity contribution in [3.05, 3.63) is 297 Å². The molecule has 0 aliphatic heterocycles. The first-order valence-corrected chi connectivity index (χ1v) is 23.8. The van der Waals surface area contributed by atoms with E-state index in [-0.39, 0.29) is 11.1 Å². The minimum absolute atomic E-state index is 0.205. The minimum Gasteiger partial charge on any atom is -0.457 e. The van der Waals surface area contributed by atoms with E-state index in [9.17, 15) is 0 Å². The lowest BCUT2D eigenvalue weighted by atomic mass is 9.67. The van der Waals surface area contributed by atoms with Gasteiger partial charge in [0.1, 0.15) is 17.3 Å². The molecule has 0 fully saturated rings. The summed E-state index contributed by atoms with van der Waals surface area (Å²) in [4.78, 5) is 1.87. The first-order valence-electron chi connectivity index (χ1n) is 23.8. The lowest BCUT2D eigenvalue weighted by molar-refractivity contribution is 0.363. The van der Waals surface area contributed by atoms with Crippen LogP contribution in [0.1, 0.15) is 55.6 Å². The van der Waals surface area contributed by atoms with Gasteiger partial charge in [0.2, 0.25) is 5.82 Å². The smallest absolute Gasteiger partial charge is 0.200 e. The van der Waals surface area contributed by atoms with Crippen LogP contribution in [0.5, 0.6) is 11.5 Å². The summed E-state index contributed by atoms with van der Waals surface area (Å²) in [7, 11) is 0. The van der Waals surface area contributed by atoms with Gasteiger partial charge in [-0.25, -0.2) is 26.3 Å². The molecule has 0 heterocycles. The summed E-state index contributed by atoms with van der Waals surface area (Å²) in [5.41, 5.74) is 10.1. The lowest BCUT2D eigenvalue weighted by Gasteiger charge is -2.35. The van der Waals surface area contributed by atoms with Crippen molar-refractivity contribution in [3.63, 3.8) is 0 Å². The molecule has 0 saturated carbocycles.